The Morgan fingerprint density at radius 3 is 1.81 bits per heavy atom. The number of nitrogens with zero attached hydrogens (tertiary/aromatic N) is 8. The number of halogens is 3. The van der Waals surface area contributed by atoms with Gasteiger partial charge in [-0.2, -0.15) is 10.5 Å². The molecule has 12 heteroatoms. The Morgan fingerprint density at radius 1 is 0.688 bits per heavy atom. The minimum Gasteiger partial charge on any atom is -0.405 e. The standard InChI is InChI=1S/C36H11F3N8O/c1-18-10-20(44-2)7-9-21(18)34-33(29(17-43)46-4)25-12-23-24(13-26(25)35(34)47-5)32(28(16-42)45-3)31(27(23)15-41)22-8-6-19(14-40)11-30(22)48-36(37,38)39/h6-13H,1H3/b32-28+,33-29-. The summed E-state index contributed by atoms with van der Waals surface area (Å²) < 4.78 is 44.9. The number of alkyl halides is 3. The largest absolute Gasteiger partial charge is 0.573 e. The number of ether oxygens (including phenoxy) is 1. The summed E-state index contributed by atoms with van der Waals surface area (Å²) in [6, 6.07) is 17.9. The second kappa shape index (κ2) is 11.9. The van der Waals surface area contributed by atoms with Crippen LogP contribution in [0.25, 0.3) is 52.9 Å². The molecule has 0 saturated heterocycles. The Kier molecular flexibility index (Phi) is 7.83. The average Bonchev–Trinajstić information content (AvgIpc) is 3.55. The van der Waals surface area contributed by atoms with Gasteiger partial charge in [0.25, 0.3) is 11.4 Å². The summed E-state index contributed by atoms with van der Waals surface area (Å²) in [5.74, 6) is -0.854. The van der Waals surface area contributed by atoms with Crippen LogP contribution in [-0.4, -0.2) is 6.36 Å². The lowest BCUT2D eigenvalue weighted by Gasteiger charge is -2.16. The van der Waals surface area contributed by atoms with Gasteiger partial charge < -0.3 is 4.74 Å². The highest BCUT2D eigenvalue weighted by Crippen LogP contribution is 2.56. The number of hydrogen-bond donors (Lipinski definition) is 0. The summed E-state index contributed by atoms with van der Waals surface area (Å²) in [5, 5.41) is 39.7. The van der Waals surface area contributed by atoms with Crippen LogP contribution in [0.1, 0.15) is 44.5 Å². The van der Waals surface area contributed by atoms with Crippen LogP contribution in [-0.2, 0) is 0 Å². The summed E-state index contributed by atoms with van der Waals surface area (Å²) in [5.41, 5.74) is -0.0855. The minimum absolute atomic E-state index is 0.00930. The molecule has 0 unspecified atom stereocenters. The predicted molar refractivity (Wildman–Crippen MR) is 166 cm³/mol. The van der Waals surface area contributed by atoms with Crippen molar-refractivity contribution in [1.29, 1.82) is 21.0 Å². The highest BCUT2D eigenvalue weighted by Gasteiger charge is 2.39. The maximum atomic E-state index is 13.5. The van der Waals surface area contributed by atoms with Gasteiger partial charge in [0.2, 0.25) is 5.70 Å². The van der Waals surface area contributed by atoms with Crippen LogP contribution in [0.4, 0.5) is 18.9 Å². The third-order valence-corrected chi connectivity index (χ3v) is 7.55. The van der Waals surface area contributed by atoms with Gasteiger partial charge in [0.05, 0.1) is 55.6 Å². The average molecular weight is 629 g/mol. The summed E-state index contributed by atoms with van der Waals surface area (Å²) in [6.07, 6.45) is -5.21. The van der Waals surface area contributed by atoms with Crippen LogP contribution in [0.5, 0.6) is 5.75 Å². The van der Waals surface area contributed by atoms with Crippen molar-refractivity contribution in [3.05, 3.63) is 150 Å². The Labute approximate surface area is 271 Å². The molecular formula is C36H11F3N8O. The van der Waals surface area contributed by atoms with E-state index >= 15 is 0 Å². The van der Waals surface area contributed by atoms with Gasteiger partial charge in [-0.25, -0.2) is 29.9 Å². The normalized spacial score (nSPS) is 14.8. The van der Waals surface area contributed by atoms with E-state index in [2.05, 4.69) is 24.1 Å². The van der Waals surface area contributed by atoms with E-state index in [1.54, 1.807) is 31.2 Å². The molecule has 0 fully saturated rings. The molecule has 3 aromatic rings. The van der Waals surface area contributed by atoms with Gasteiger partial charge in [-0.1, -0.05) is 29.8 Å². The van der Waals surface area contributed by atoms with Crippen LogP contribution < -0.4 is 4.74 Å². The van der Waals surface area contributed by atoms with E-state index in [1.807, 2.05) is 12.1 Å². The number of rotatable bonds is 3. The van der Waals surface area contributed by atoms with Crippen LogP contribution in [0.15, 0.2) is 59.9 Å². The van der Waals surface area contributed by atoms with Crippen molar-refractivity contribution < 1.29 is 17.9 Å². The first-order valence-corrected chi connectivity index (χ1v) is 13.3. The molecule has 9 nitrogen and oxygen atoms in total. The van der Waals surface area contributed by atoms with Crippen LogP contribution in [0.2, 0.25) is 0 Å². The zero-order valence-corrected chi connectivity index (χ0v) is 24.2. The van der Waals surface area contributed by atoms with Gasteiger partial charge in [0.1, 0.15) is 11.8 Å². The second-order valence-electron chi connectivity index (χ2n) is 10.0. The second-order valence-corrected chi connectivity index (χ2v) is 10.0. The first-order chi connectivity index (χ1) is 23.0. The maximum absolute atomic E-state index is 13.5. The van der Waals surface area contributed by atoms with Gasteiger partial charge in [0.15, 0.2) is 5.69 Å². The number of allylic oxidation sites excluding steroid dienone is 7. The van der Waals surface area contributed by atoms with E-state index in [-0.39, 0.29) is 72.6 Å². The number of fused-ring (bicyclic) bond motifs is 2. The first-order valence-electron chi connectivity index (χ1n) is 13.3. The van der Waals surface area contributed by atoms with Crippen molar-refractivity contribution in [2.45, 2.75) is 13.3 Å². The summed E-state index contributed by atoms with van der Waals surface area (Å²) in [6.45, 7) is 32.6. The van der Waals surface area contributed by atoms with Crippen molar-refractivity contribution >= 4 is 39.2 Å². The molecule has 0 aromatic heterocycles. The highest BCUT2D eigenvalue weighted by molar-refractivity contribution is 6.29. The van der Waals surface area contributed by atoms with Crippen LogP contribution in [0.3, 0.4) is 0 Å². The monoisotopic (exact) mass is 628 g/mol. The van der Waals surface area contributed by atoms with Gasteiger partial charge in [-0.3, -0.25) is 0 Å². The number of benzene rings is 3. The molecule has 0 radical (unpaired) electrons. The third kappa shape index (κ3) is 4.94. The lowest BCUT2D eigenvalue weighted by molar-refractivity contribution is -0.274. The summed E-state index contributed by atoms with van der Waals surface area (Å²) >= 11 is 0. The van der Waals surface area contributed by atoms with Crippen LogP contribution in [0, 0.1) is 78.5 Å². The van der Waals surface area contributed by atoms with Gasteiger partial charge in [-0.15, -0.1) is 13.2 Å². The fourth-order valence-corrected chi connectivity index (χ4v) is 5.73. The Morgan fingerprint density at radius 2 is 1.29 bits per heavy atom. The topological polar surface area (TPSA) is 122 Å². The smallest absolute Gasteiger partial charge is 0.405 e. The van der Waals surface area contributed by atoms with Crippen molar-refractivity contribution in [1.82, 2.24) is 0 Å². The quantitative estimate of drug-likeness (QED) is 0.212. The minimum atomic E-state index is -5.21. The van der Waals surface area contributed by atoms with E-state index < -0.39 is 17.8 Å². The Bertz CT molecular complexity index is 2480. The SMILES string of the molecule is [C-]#[N+]C1=C(c2ccc([N+]#[C-])cc2C)/C(=C(/C#N)[N+]#[C-])c2cc3c(cc21)/C(=C(/C#N)[N+]#[C-])C(c1ccc(C#N)cc1OC(F)(F)F)=C3C#N. The predicted octanol–water partition coefficient (Wildman–Crippen LogP) is 8.87. The highest BCUT2D eigenvalue weighted by atomic mass is 19.4. The molecule has 222 valence electrons. The molecular weight excluding hydrogens is 617 g/mol. The lowest BCUT2D eigenvalue weighted by atomic mass is 9.90. The molecule has 2 aliphatic carbocycles. The first kappa shape index (κ1) is 31.6. The number of nitriles is 4. The molecule has 5 rings (SSSR count). The fraction of sp³-hybridized carbons (Fsp3) is 0.0556. The third-order valence-electron chi connectivity index (χ3n) is 7.55. The van der Waals surface area contributed by atoms with Crippen molar-refractivity contribution in [2.24, 2.45) is 0 Å². The molecule has 0 aliphatic heterocycles. The lowest BCUT2D eigenvalue weighted by Crippen LogP contribution is -2.18. The molecule has 0 amide bonds. The van der Waals surface area contributed by atoms with Gasteiger partial charge in [0, 0.05) is 16.7 Å². The molecule has 0 bridgehead atoms. The molecule has 0 N–H and O–H groups in total. The van der Waals surface area contributed by atoms with Gasteiger partial charge >= 0.3 is 6.36 Å². The molecule has 0 saturated carbocycles. The van der Waals surface area contributed by atoms with Gasteiger partial charge in [-0.05, 0) is 70.2 Å². The summed E-state index contributed by atoms with van der Waals surface area (Å²) in [4.78, 5) is 13.8. The molecule has 0 spiro atoms. The number of aryl methyl sites for hydroxylation is 1. The zero-order valence-electron chi connectivity index (χ0n) is 24.2. The Hall–Kier alpha value is -7.87. The zero-order chi connectivity index (χ0) is 34.9. The molecule has 2 aliphatic rings. The van der Waals surface area contributed by atoms with E-state index in [1.165, 1.54) is 24.3 Å². The van der Waals surface area contributed by atoms with E-state index in [4.69, 9.17) is 26.3 Å². The Balaban J connectivity index is 1.93. The maximum Gasteiger partial charge on any atom is 0.573 e. The van der Waals surface area contributed by atoms with Crippen LogP contribution >= 0.6 is 0 Å². The molecule has 3 aromatic carbocycles. The summed E-state index contributed by atoms with van der Waals surface area (Å²) in [7, 11) is 0. The van der Waals surface area contributed by atoms with E-state index in [9.17, 15) is 34.2 Å². The van der Waals surface area contributed by atoms with Crippen molar-refractivity contribution in [2.75, 3.05) is 0 Å². The van der Waals surface area contributed by atoms with Crippen molar-refractivity contribution in [3.63, 3.8) is 0 Å². The fourth-order valence-electron chi connectivity index (χ4n) is 5.73. The number of hydrogen-bond acceptors (Lipinski definition) is 5. The molecule has 0 atom stereocenters. The van der Waals surface area contributed by atoms with E-state index in [0.29, 0.717) is 16.8 Å². The molecule has 48 heavy (non-hydrogen) atoms. The van der Waals surface area contributed by atoms with Crippen molar-refractivity contribution in [3.8, 4) is 30.0 Å². The molecule has 0 heterocycles. The van der Waals surface area contributed by atoms with E-state index in [0.717, 1.165) is 12.1 Å².